The summed E-state index contributed by atoms with van der Waals surface area (Å²) in [5, 5.41) is 0.512. The van der Waals surface area contributed by atoms with Crippen molar-refractivity contribution in [2.24, 2.45) is 0 Å². The Morgan fingerprint density at radius 2 is 1.95 bits per heavy atom. The smallest absolute Gasteiger partial charge is 0.260 e. The predicted octanol–water partition coefficient (Wildman–Crippen LogP) is 3.88. The van der Waals surface area contributed by atoms with Crippen LogP contribution in [0.3, 0.4) is 0 Å². The molecule has 0 atom stereocenters. The summed E-state index contributed by atoms with van der Waals surface area (Å²) >= 11 is 9.38. The Kier molecular flexibility index (Phi) is 5.52. The fourth-order valence-electron chi connectivity index (χ4n) is 2.14. The van der Waals surface area contributed by atoms with Crippen LogP contribution < -0.4 is 4.74 Å². The molecule has 0 saturated carbocycles. The van der Waals surface area contributed by atoms with Gasteiger partial charge in [0.05, 0.1) is 5.02 Å². The second-order valence-electron chi connectivity index (χ2n) is 4.66. The summed E-state index contributed by atoms with van der Waals surface area (Å²) in [4.78, 5) is 13.9. The summed E-state index contributed by atoms with van der Waals surface area (Å²) in [6, 6.07) is 5.37. The van der Waals surface area contributed by atoms with Crippen LogP contribution in [0.4, 0.5) is 0 Å². The lowest BCUT2D eigenvalue weighted by Gasteiger charge is -2.20. The molecule has 0 aromatic heterocycles. The Labute approximate surface area is 127 Å². The molecular weight excluding hydrogens is 330 g/mol. The lowest BCUT2D eigenvalue weighted by Crippen LogP contribution is -2.35. The maximum Gasteiger partial charge on any atom is 0.260 e. The van der Waals surface area contributed by atoms with Crippen molar-refractivity contribution in [3.63, 3.8) is 0 Å². The highest BCUT2D eigenvalue weighted by atomic mass is 79.9. The lowest BCUT2D eigenvalue weighted by molar-refractivity contribution is -0.133. The Morgan fingerprint density at radius 3 is 2.58 bits per heavy atom. The topological polar surface area (TPSA) is 29.5 Å². The molecule has 104 valence electrons. The van der Waals surface area contributed by atoms with Crippen molar-refractivity contribution < 1.29 is 9.53 Å². The lowest BCUT2D eigenvalue weighted by atomic mass is 10.2. The summed E-state index contributed by atoms with van der Waals surface area (Å²) in [5.74, 6) is 0.592. The zero-order chi connectivity index (χ0) is 13.7. The van der Waals surface area contributed by atoms with E-state index in [1.807, 2.05) is 11.0 Å². The van der Waals surface area contributed by atoms with Gasteiger partial charge >= 0.3 is 0 Å². The number of hydrogen-bond acceptors (Lipinski definition) is 2. The van der Waals surface area contributed by atoms with E-state index < -0.39 is 0 Å². The van der Waals surface area contributed by atoms with E-state index >= 15 is 0 Å². The van der Waals surface area contributed by atoms with Crippen LogP contribution in [0.15, 0.2) is 22.7 Å². The first kappa shape index (κ1) is 14.7. The summed E-state index contributed by atoms with van der Waals surface area (Å²) in [6.07, 6.45) is 4.60. The molecule has 1 aromatic rings. The molecule has 1 heterocycles. The quantitative estimate of drug-likeness (QED) is 0.831. The van der Waals surface area contributed by atoms with Crippen LogP contribution >= 0.6 is 27.5 Å². The summed E-state index contributed by atoms with van der Waals surface area (Å²) in [5.41, 5.74) is 0. The molecule has 1 amide bonds. The highest BCUT2D eigenvalue weighted by Gasteiger charge is 2.16. The molecule has 0 spiro atoms. The third-order valence-electron chi connectivity index (χ3n) is 3.20. The van der Waals surface area contributed by atoms with E-state index in [9.17, 15) is 4.79 Å². The van der Waals surface area contributed by atoms with E-state index in [0.717, 1.165) is 30.4 Å². The standard InChI is InChI=1S/C14H17BrClNO2/c15-11-5-6-13(12(16)9-11)19-10-14(18)17-7-3-1-2-4-8-17/h5-6,9H,1-4,7-8,10H2. The van der Waals surface area contributed by atoms with E-state index in [1.54, 1.807) is 12.1 Å². The average molecular weight is 347 g/mol. The molecule has 1 aliphatic heterocycles. The van der Waals surface area contributed by atoms with Crippen molar-refractivity contribution in [2.45, 2.75) is 25.7 Å². The Balaban J connectivity index is 1.88. The van der Waals surface area contributed by atoms with Crippen LogP contribution in [0.5, 0.6) is 5.75 Å². The first-order valence-electron chi connectivity index (χ1n) is 6.52. The van der Waals surface area contributed by atoms with Gasteiger partial charge in [-0.25, -0.2) is 0 Å². The molecule has 2 rings (SSSR count). The molecule has 0 N–H and O–H groups in total. The minimum absolute atomic E-state index is 0.0425. The zero-order valence-corrected chi connectivity index (χ0v) is 13.0. The SMILES string of the molecule is O=C(COc1ccc(Br)cc1Cl)N1CCCCCC1. The number of ether oxygens (including phenoxy) is 1. The van der Waals surface area contributed by atoms with Crippen molar-refractivity contribution in [2.75, 3.05) is 19.7 Å². The molecule has 0 unspecified atom stereocenters. The van der Waals surface area contributed by atoms with E-state index in [4.69, 9.17) is 16.3 Å². The maximum absolute atomic E-state index is 12.1. The fourth-order valence-corrected chi connectivity index (χ4v) is 2.87. The molecule has 1 fully saturated rings. The zero-order valence-electron chi connectivity index (χ0n) is 10.7. The molecular formula is C14H17BrClNO2. The van der Waals surface area contributed by atoms with Crippen LogP contribution in [-0.4, -0.2) is 30.5 Å². The largest absolute Gasteiger partial charge is 0.482 e. The van der Waals surface area contributed by atoms with Crippen LogP contribution in [0.1, 0.15) is 25.7 Å². The van der Waals surface area contributed by atoms with Gasteiger partial charge in [0.25, 0.3) is 5.91 Å². The van der Waals surface area contributed by atoms with Crippen molar-refractivity contribution in [1.29, 1.82) is 0 Å². The summed E-state index contributed by atoms with van der Waals surface area (Å²) in [6.45, 7) is 1.74. The van der Waals surface area contributed by atoms with Gasteiger partial charge in [-0.1, -0.05) is 40.4 Å². The van der Waals surface area contributed by atoms with Gasteiger partial charge in [0, 0.05) is 17.6 Å². The van der Waals surface area contributed by atoms with Crippen LogP contribution in [0.25, 0.3) is 0 Å². The van der Waals surface area contributed by atoms with E-state index in [2.05, 4.69) is 15.9 Å². The van der Waals surface area contributed by atoms with Gasteiger partial charge in [-0.05, 0) is 31.0 Å². The number of hydrogen-bond donors (Lipinski definition) is 0. The first-order valence-corrected chi connectivity index (χ1v) is 7.69. The highest BCUT2D eigenvalue weighted by molar-refractivity contribution is 9.10. The minimum atomic E-state index is 0.0425. The Bertz CT molecular complexity index is 445. The highest BCUT2D eigenvalue weighted by Crippen LogP contribution is 2.27. The third-order valence-corrected chi connectivity index (χ3v) is 3.99. The van der Waals surface area contributed by atoms with Gasteiger partial charge < -0.3 is 9.64 Å². The fraction of sp³-hybridized carbons (Fsp3) is 0.500. The Morgan fingerprint density at radius 1 is 1.26 bits per heavy atom. The second-order valence-corrected chi connectivity index (χ2v) is 5.98. The van der Waals surface area contributed by atoms with E-state index in [1.165, 1.54) is 12.8 Å². The molecule has 1 aromatic carbocycles. The second kappa shape index (κ2) is 7.15. The van der Waals surface area contributed by atoms with Crippen LogP contribution in [0.2, 0.25) is 5.02 Å². The normalized spacial score (nSPS) is 16.0. The third kappa shape index (κ3) is 4.39. The van der Waals surface area contributed by atoms with Gasteiger partial charge in [-0.15, -0.1) is 0 Å². The molecule has 5 heteroatoms. The molecule has 1 saturated heterocycles. The first-order chi connectivity index (χ1) is 9.16. The molecule has 19 heavy (non-hydrogen) atoms. The Hall–Kier alpha value is -0.740. The number of carbonyl (C=O) groups is 1. The molecule has 0 radical (unpaired) electrons. The molecule has 0 bridgehead atoms. The number of likely N-dealkylation sites (tertiary alicyclic amines) is 1. The van der Waals surface area contributed by atoms with E-state index in [-0.39, 0.29) is 12.5 Å². The van der Waals surface area contributed by atoms with Crippen LogP contribution in [-0.2, 0) is 4.79 Å². The number of halogens is 2. The van der Waals surface area contributed by atoms with Gasteiger partial charge in [0.1, 0.15) is 5.75 Å². The molecule has 1 aliphatic rings. The van der Waals surface area contributed by atoms with Gasteiger partial charge in [0.2, 0.25) is 0 Å². The minimum Gasteiger partial charge on any atom is -0.482 e. The average Bonchev–Trinajstić information content (AvgIpc) is 2.66. The molecule has 0 aliphatic carbocycles. The summed E-state index contributed by atoms with van der Waals surface area (Å²) < 4.78 is 6.40. The number of amides is 1. The van der Waals surface area contributed by atoms with Gasteiger partial charge in [-0.3, -0.25) is 4.79 Å². The number of benzene rings is 1. The number of nitrogens with zero attached hydrogens (tertiary/aromatic N) is 1. The summed E-state index contributed by atoms with van der Waals surface area (Å²) in [7, 11) is 0. The number of carbonyl (C=O) groups excluding carboxylic acids is 1. The van der Waals surface area contributed by atoms with Gasteiger partial charge in [-0.2, -0.15) is 0 Å². The van der Waals surface area contributed by atoms with E-state index in [0.29, 0.717) is 10.8 Å². The van der Waals surface area contributed by atoms with Gasteiger partial charge in [0.15, 0.2) is 6.61 Å². The van der Waals surface area contributed by atoms with Crippen molar-refractivity contribution >= 4 is 33.4 Å². The van der Waals surface area contributed by atoms with Crippen LogP contribution in [0, 0.1) is 0 Å². The van der Waals surface area contributed by atoms with Crippen molar-refractivity contribution in [3.8, 4) is 5.75 Å². The van der Waals surface area contributed by atoms with Crippen molar-refractivity contribution in [3.05, 3.63) is 27.7 Å². The number of rotatable bonds is 3. The van der Waals surface area contributed by atoms with Crippen molar-refractivity contribution in [1.82, 2.24) is 4.90 Å². The molecule has 3 nitrogen and oxygen atoms in total. The predicted molar refractivity (Wildman–Crippen MR) is 79.7 cm³/mol. The monoisotopic (exact) mass is 345 g/mol. The maximum atomic E-state index is 12.1.